The molecule has 1 aromatic carbocycles. The maximum Gasteiger partial charge on any atom is 0.258 e. The minimum Gasteiger partial charge on any atom is -0.269 e. The summed E-state index contributed by atoms with van der Waals surface area (Å²) in [7, 11) is 0. The van der Waals surface area contributed by atoms with Crippen molar-refractivity contribution in [2.75, 3.05) is 4.90 Å². The van der Waals surface area contributed by atoms with E-state index < -0.39 is 0 Å². The molecule has 5 nitrogen and oxygen atoms in total. The Morgan fingerprint density at radius 2 is 1.56 bits per heavy atom. The summed E-state index contributed by atoms with van der Waals surface area (Å²) in [5.74, 6) is -0.701. The normalized spacial score (nSPS) is 15.4. The van der Waals surface area contributed by atoms with Gasteiger partial charge in [0.05, 0.1) is 23.2 Å². The van der Waals surface area contributed by atoms with Gasteiger partial charge in [0.2, 0.25) is 0 Å². The van der Waals surface area contributed by atoms with Crippen molar-refractivity contribution < 1.29 is 9.59 Å². The molecule has 0 spiro atoms. The molecule has 0 bridgehead atoms. The fraction of sp³-hybridized carbons (Fsp3) is 0. The summed E-state index contributed by atoms with van der Waals surface area (Å²) >= 11 is 5.08. The quantitative estimate of drug-likeness (QED) is 0.584. The molecule has 0 N–H and O–H groups in total. The topological polar surface area (TPSA) is 62.1 Å². The highest BCUT2D eigenvalue weighted by molar-refractivity contribution is 6.28. The molecule has 0 radical (unpaired) electrons. The summed E-state index contributed by atoms with van der Waals surface area (Å²) in [5, 5.41) is 3.60. The van der Waals surface area contributed by atoms with Gasteiger partial charge in [-0.25, -0.2) is 4.90 Å². The number of amides is 2. The molecule has 1 aliphatic rings. The molecule has 1 heterocycles. The predicted molar refractivity (Wildman–Crippen MR) is 58.4 cm³/mol. The molecule has 1 aromatic rings. The van der Waals surface area contributed by atoms with Gasteiger partial charge < -0.3 is 0 Å². The smallest absolute Gasteiger partial charge is 0.258 e. The lowest BCUT2D eigenvalue weighted by Gasteiger charge is -2.13. The Balaban J connectivity index is 2.28. The third-order valence-corrected chi connectivity index (χ3v) is 2.15. The van der Waals surface area contributed by atoms with Crippen LogP contribution in [0.25, 0.3) is 0 Å². The number of carbonyl (C=O) groups is 2. The van der Waals surface area contributed by atoms with Crippen molar-refractivity contribution in [2.24, 2.45) is 9.75 Å². The summed E-state index contributed by atoms with van der Waals surface area (Å²) in [4.78, 5) is 23.8. The molecule has 0 saturated carbocycles. The molecule has 0 saturated heterocycles. The minimum absolute atomic E-state index is 0.350. The molecule has 0 atom stereocenters. The van der Waals surface area contributed by atoms with Gasteiger partial charge in [0.15, 0.2) is 0 Å². The van der Waals surface area contributed by atoms with Crippen molar-refractivity contribution in [2.45, 2.75) is 0 Å². The number of rotatable bonds is 2. The van der Waals surface area contributed by atoms with Crippen LogP contribution in [0.5, 0.6) is 0 Å². The zero-order valence-electron chi connectivity index (χ0n) is 8.00. The number of hydrogen-bond donors (Lipinski definition) is 0. The van der Waals surface area contributed by atoms with Crippen LogP contribution in [0.2, 0.25) is 0 Å². The van der Waals surface area contributed by atoms with Crippen molar-refractivity contribution in [1.29, 1.82) is 0 Å². The van der Waals surface area contributed by atoms with Gasteiger partial charge in [0.1, 0.15) is 0 Å². The molecule has 16 heavy (non-hydrogen) atoms. The van der Waals surface area contributed by atoms with Crippen LogP contribution >= 0.6 is 11.8 Å². The van der Waals surface area contributed by atoms with Crippen molar-refractivity contribution in [3.8, 4) is 0 Å². The Labute approximate surface area is 96.1 Å². The molecule has 6 heteroatoms. The molecule has 2 rings (SSSR count). The lowest BCUT2D eigenvalue weighted by Crippen LogP contribution is -2.29. The zero-order chi connectivity index (χ0) is 11.5. The van der Waals surface area contributed by atoms with Gasteiger partial charge in [-0.15, -0.1) is 5.11 Å². The Morgan fingerprint density at radius 3 is 2.06 bits per heavy atom. The van der Waals surface area contributed by atoms with E-state index in [1.807, 2.05) is 0 Å². The van der Waals surface area contributed by atoms with E-state index in [4.69, 9.17) is 11.8 Å². The van der Waals surface area contributed by atoms with E-state index in [1.165, 1.54) is 12.2 Å². The average molecular weight is 236 g/mol. The predicted octanol–water partition coefficient (Wildman–Crippen LogP) is 2.35. The second kappa shape index (κ2) is 4.24. The van der Waals surface area contributed by atoms with Crippen molar-refractivity contribution in [1.82, 2.24) is 0 Å². The molecular weight excluding hydrogens is 230 g/mol. The lowest BCUT2D eigenvalue weighted by atomic mass is 10.2. The van der Waals surface area contributed by atoms with E-state index in [-0.39, 0.29) is 11.8 Å². The summed E-state index contributed by atoms with van der Waals surface area (Å²) in [5.41, 5.74) is 1.04. The second-order valence-corrected chi connectivity index (χ2v) is 3.19. The van der Waals surface area contributed by atoms with Crippen LogP contribution in [-0.2, 0) is 9.59 Å². The molecule has 0 fully saturated rings. The number of nitrogens with zero attached hydrogens (tertiary/aromatic N) is 3. The maximum absolute atomic E-state index is 11.4. The van der Waals surface area contributed by atoms with E-state index in [9.17, 15) is 9.59 Å². The molecule has 0 aromatic heterocycles. The van der Waals surface area contributed by atoms with Gasteiger partial charge in [-0.05, 0) is 24.3 Å². The first-order chi connectivity index (χ1) is 7.72. The lowest BCUT2D eigenvalue weighted by molar-refractivity contribution is -0.119. The summed E-state index contributed by atoms with van der Waals surface area (Å²) in [6.07, 6.45) is 2.46. The van der Waals surface area contributed by atoms with Crippen molar-refractivity contribution in [3.63, 3.8) is 0 Å². The molecule has 0 aliphatic carbocycles. The second-order valence-electron chi connectivity index (χ2n) is 3.04. The van der Waals surface area contributed by atoms with Crippen molar-refractivity contribution in [3.05, 3.63) is 36.4 Å². The van der Waals surface area contributed by atoms with E-state index in [2.05, 4.69) is 9.75 Å². The Bertz CT molecular complexity index is 475. The van der Waals surface area contributed by atoms with Crippen LogP contribution in [-0.4, -0.2) is 11.8 Å². The molecular formula is C10H6ClN3O2. The van der Waals surface area contributed by atoms with Gasteiger partial charge in [0.25, 0.3) is 11.8 Å². The standard InChI is InChI=1S/C10H6ClN3O2/c11-13-12-7-1-3-8(4-2-7)14-9(15)5-6-10(14)16/h1-6H. The molecule has 1 aliphatic heterocycles. The first-order valence-corrected chi connectivity index (χ1v) is 4.74. The molecule has 0 unspecified atom stereocenters. The first kappa shape index (κ1) is 10.5. The largest absolute Gasteiger partial charge is 0.269 e. The SMILES string of the molecule is O=C1C=CC(=O)N1c1ccc(N=NCl)cc1. The summed E-state index contributed by atoms with van der Waals surface area (Å²) in [6.45, 7) is 0. The number of halogens is 1. The van der Waals surface area contributed by atoms with Crippen LogP contribution in [0.15, 0.2) is 46.2 Å². The average Bonchev–Trinajstić information content (AvgIpc) is 2.61. The van der Waals surface area contributed by atoms with Gasteiger partial charge in [-0.1, -0.05) is 4.63 Å². The highest BCUT2D eigenvalue weighted by Crippen LogP contribution is 2.22. The number of anilines is 1. The zero-order valence-corrected chi connectivity index (χ0v) is 8.76. The van der Waals surface area contributed by atoms with E-state index in [0.717, 1.165) is 4.90 Å². The van der Waals surface area contributed by atoms with Gasteiger partial charge >= 0.3 is 0 Å². The van der Waals surface area contributed by atoms with Gasteiger partial charge in [-0.3, -0.25) is 9.59 Å². The number of hydrogen-bond acceptors (Lipinski definition) is 4. The number of benzene rings is 1. The van der Waals surface area contributed by atoms with Crippen LogP contribution in [0.1, 0.15) is 0 Å². The maximum atomic E-state index is 11.4. The van der Waals surface area contributed by atoms with Crippen LogP contribution in [0.3, 0.4) is 0 Å². The Hall–Kier alpha value is -2.01. The van der Waals surface area contributed by atoms with Crippen LogP contribution < -0.4 is 4.90 Å². The fourth-order valence-corrected chi connectivity index (χ4v) is 1.45. The third-order valence-electron chi connectivity index (χ3n) is 2.07. The third kappa shape index (κ3) is 1.85. The number of imide groups is 1. The Morgan fingerprint density at radius 1 is 1.00 bits per heavy atom. The van der Waals surface area contributed by atoms with E-state index in [0.29, 0.717) is 11.4 Å². The molecule has 80 valence electrons. The monoisotopic (exact) mass is 235 g/mol. The highest BCUT2D eigenvalue weighted by Gasteiger charge is 2.24. The van der Waals surface area contributed by atoms with Crippen LogP contribution in [0.4, 0.5) is 11.4 Å². The molecule has 2 amide bonds. The highest BCUT2D eigenvalue weighted by atomic mass is 35.5. The summed E-state index contributed by atoms with van der Waals surface area (Å²) < 4.78 is 3.10. The Kier molecular flexibility index (Phi) is 2.78. The van der Waals surface area contributed by atoms with E-state index >= 15 is 0 Å². The van der Waals surface area contributed by atoms with Gasteiger partial charge in [-0.2, -0.15) is 0 Å². The van der Waals surface area contributed by atoms with Crippen molar-refractivity contribution >= 4 is 35.0 Å². The first-order valence-electron chi connectivity index (χ1n) is 4.40. The summed E-state index contributed by atoms with van der Waals surface area (Å²) in [6, 6.07) is 6.42. The van der Waals surface area contributed by atoms with Crippen LogP contribution in [0, 0.1) is 0 Å². The van der Waals surface area contributed by atoms with Gasteiger partial charge in [0, 0.05) is 12.2 Å². The fourth-order valence-electron chi connectivity index (χ4n) is 1.37. The minimum atomic E-state index is -0.350. The number of carbonyl (C=O) groups excluding carboxylic acids is 2. The van der Waals surface area contributed by atoms with E-state index in [1.54, 1.807) is 24.3 Å².